The SMILES string of the molecule is CCOC(=O)[C@H]1CCCN(C(=O)c2cc(COC)on2)C1. The van der Waals surface area contributed by atoms with Crippen LogP contribution in [-0.2, 0) is 20.9 Å². The van der Waals surface area contributed by atoms with Crippen LogP contribution < -0.4 is 0 Å². The van der Waals surface area contributed by atoms with Gasteiger partial charge in [0.05, 0.1) is 12.5 Å². The molecule has 0 N–H and O–H groups in total. The third-order valence-corrected chi connectivity index (χ3v) is 3.39. The van der Waals surface area contributed by atoms with Gasteiger partial charge in [-0.3, -0.25) is 9.59 Å². The van der Waals surface area contributed by atoms with Gasteiger partial charge in [-0.1, -0.05) is 5.16 Å². The summed E-state index contributed by atoms with van der Waals surface area (Å²) in [5.41, 5.74) is 0.242. The molecule has 1 fully saturated rings. The summed E-state index contributed by atoms with van der Waals surface area (Å²) in [5.74, 6) is -0.224. The van der Waals surface area contributed by atoms with E-state index in [1.54, 1.807) is 25.0 Å². The first kappa shape index (κ1) is 15.5. The van der Waals surface area contributed by atoms with Crippen molar-refractivity contribution in [2.45, 2.75) is 26.4 Å². The highest BCUT2D eigenvalue weighted by molar-refractivity contribution is 5.92. The molecule has 1 amide bonds. The van der Waals surface area contributed by atoms with Crippen molar-refractivity contribution in [2.24, 2.45) is 5.92 Å². The van der Waals surface area contributed by atoms with Crippen LogP contribution in [0, 0.1) is 5.92 Å². The van der Waals surface area contributed by atoms with Gasteiger partial charge in [0.25, 0.3) is 5.91 Å². The molecule has 1 aliphatic heterocycles. The van der Waals surface area contributed by atoms with Crippen LogP contribution in [0.2, 0.25) is 0 Å². The van der Waals surface area contributed by atoms with Crippen molar-refractivity contribution in [3.05, 3.63) is 17.5 Å². The first-order chi connectivity index (χ1) is 10.2. The van der Waals surface area contributed by atoms with Gasteiger partial charge < -0.3 is 18.9 Å². The predicted molar refractivity (Wildman–Crippen MR) is 72.5 cm³/mol. The number of ether oxygens (including phenoxy) is 2. The average Bonchev–Trinajstić information content (AvgIpc) is 2.96. The van der Waals surface area contributed by atoms with Crippen molar-refractivity contribution in [2.75, 3.05) is 26.8 Å². The molecule has 21 heavy (non-hydrogen) atoms. The van der Waals surface area contributed by atoms with Gasteiger partial charge in [-0.2, -0.15) is 0 Å². The number of hydrogen-bond donors (Lipinski definition) is 0. The molecule has 0 radical (unpaired) electrons. The van der Waals surface area contributed by atoms with E-state index in [1.807, 2.05) is 0 Å². The molecule has 0 aromatic carbocycles. The molecule has 0 spiro atoms. The number of piperidine rings is 1. The number of likely N-dealkylation sites (tertiary alicyclic amines) is 1. The zero-order valence-corrected chi connectivity index (χ0v) is 12.3. The van der Waals surface area contributed by atoms with Crippen LogP contribution in [0.1, 0.15) is 36.0 Å². The third kappa shape index (κ3) is 3.81. The lowest BCUT2D eigenvalue weighted by Gasteiger charge is -2.30. The second-order valence-electron chi connectivity index (χ2n) is 4.95. The fraction of sp³-hybridized carbons (Fsp3) is 0.643. The fourth-order valence-corrected chi connectivity index (χ4v) is 2.40. The topological polar surface area (TPSA) is 81.9 Å². The highest BCUT2D eigenvalue weighted by Gasteiger charge is 2.30. The summed E-state index contributed by atoms with van der Waals surface area (Å²) in [7, 11) is 1.54. The smallest absolute Gasteiger partial charge is 0.310 e. The molecule has 1 saturated heterocycles. The van der Waals surface area contributed by atoms with Crippen LogP contribution >= 0.6 is 0 Å². The monoisotopic (exact) mass is 296 g/mol. The lowest BCUT2D eigenvalue weighted by Crippen LogP contribution is -2.42. The van der Waals surface area contributed by atoms with Crippen molar-refractivity contribution in [3.63, 3.8) is 0 Å². The number of methoxy groups -OCH3 is 1. The summed E-state index contributed by atoms with van der Waals surface area (Å²) in [6.07, 6.45) is 1.52. The van der Waals surface area contributed by atoms with Crippen LogP contribution in [0.4, 0.5) is 0 Å². The summed E-state index contributed by atoms with van der Waals surface area (Å²) in [4.78, 5) is 25.8. The van der Waals surface area contributed by atoms with E-state index in [0.29, 0.717) is 25.5 Å². The maximum Gasteiger partial charge on any atom is 0.310 e. The molecular weight excluding hydrogens is 276 g/mol. The summed E-state index contributed by atoms with van der Waals surface area (Å²) in [6, 6.07) is 1.57. The van der Waals surface area contributed by atoms with Crippen molar-refractivity contribution in [3.8, 4) is 0 Å². The lowest BCUT2D eigenvalue weighted by atomic mass is 9.98. The quantitative estimate of drug-likeness (QED) is 0.760. The normalized spacial score (nSPS) is 18.6. The Morgan fingerprint density at radius 3 is 3.05 bits per heavy atom. The van der Waals surface area contributed by atoms with Crippen LogP contribution in [0.3, 0.4) is 0 Å². The molecule has 0 bridgehead atoms. The van der Waals surface area contributed by atoms with E-state index >= 15 is 0 Å². The number of amides is 1. The molecule has 2 rings (SSSR count). The second-order valence-corrected chi connectivity index (χ2v) is 4.95. The lowest BCUT2D eigenvalue weighted by molar-refractivity contribution is -0.149. The summed E-state index contributed by atoms with van der Waals surface area (Å²) >= 11 is 0. The number of carbonyl (C=O) groups excluding carboxylic acids is 2. The van der Waals surface area contributed by atoms with Gasteiger partial charge in [0.15, 0.2) is 11.5 Å². The van der Waals surface area contributed by atoms with Gasteiger partial charge in [-0.15, -0.1) is 0 Å². The Labute approximate surface area is 123 Å². The minimum absolute atomic E-state index is 0.227. The second kappa shape index (κ2) is 7.21. The van der Waals surface area contributed by atoms with Crippen molar-refractivity contribution in [1.82, 2.24) is 10.1 Å². The number of esters is 1. The first-order valence-corrected chi connectivity index (χ1v) is 7.06. The molecule has 116 valence electrons. The fourth-order valence-electron chi connectivity index (χ4n) is 2.40. The van der Waals surface area contributed by atoms with Gasteiger partial charge in [0.1, 0.15) is 6.61 Å². The first-order valence-electron chi connectivity index (χ1n) is 7.06. The van der Waals surface area contributed by atoms with Crippen LogP contribution in [0.25, 0.3) is 0 Å². The molecule has 7 nitrogen and oxygen atoms in total. The van der Waals surface area contributed by atoms with Gasteiger partial charge in [0, 0.05) is 26.3 Å². The Hall–Kier alpha value is -1.89. The van der Waals surface area contributed by atoms with Gasteiger partial charge in [-0.25, -0.2) is 0 Å². The highest BCUT2D eigenvalue weighted by Crippen LogP contribution is 2.20. The van der Waals surface area contributed by atoms with E-state index < -0.39 is 0 Å². The molecule has 1 aliphatic rings. The van der Waals surface area contributed by atoms with Gasteiger partial charge >= 0.3 is 5.97 Å². The van der Waals surface area contributed by atoms with Crippen LogP contribution in [-0.4, -0.2) is 48.7 Å². The highest BCUT2D eigenvalue weighted by atomic mass is 16.5. The number of carbonyl (C=O) groups is 2. The standard InChI is InChI=1S/C14H20N2O5/c1-3-20-14(18)10-5-4-6-16(8-10)13(17)12-7-11(9-19-2)21-15-12/h7,10H,3-6,8-9H2,1-2H3/t10-/m0/s1. The molecule has 0 saturated carbocycles. The van der Waals surface area contributed by atoms with E-state index in [2.05, 4.69) is 5.16 Å². The predicted octanol–water partition coefficient (Wildman–Crippen LogP) is 1.24. The van der Waals surface area contributed by atoms with Crippen LogP contribution in [0.15, 0.2) is 10.6 Å². The van der Waals surface area contributed by atoms with E-state index in [0.717, 1.165) is 12.8 Å². The average molecular weight is 296 g/mol. The largest absolute Gasteiger partial charge is 0.466 e. The van der Waals surface area contributed by atoms with E-state index in [4.69, 9.17) is 14.0 Å². The molecule has 7 heteroatoms. The summed E-state index contributed by atoms with van der Waals surface area (Å²) in [6.45, 7) is 3.38. The maximum atomic E-state index is 12.4. The molecule has 2 heterocycles. The molecule has 0 unspecified atom stereocenters. The Bertz CT molecular complexity index is 499. The summed E-state index contributed by atoms with van der Waals surface area (Å²) < 4.78 is 15.0. The minimum atomic E-state index is -0.256. The Balaban J connectivity index is 1.99. The number of nitrogens with zero attached hydrogens (tertiary/aromatic N) is 2. The molecular formula is C14H20N2O5. The van der Waals surface area contributed by atoms with Crippen molar-refractivity contribution >= 4 is 11.9 Å². The molecule has 1 aromatic heterocycles. The van der Waals surface area contributed by atoms with E-state index in [-0.39, 0.29) is 30.1 Å². The van der Waals surface area contributed by atoms with Crippen molar-refractivity contribution < 1.29 is 23.6 Å². The van der Waals surface area contributed by atoms with E-state index in [9.17, 15) is 9.59 Å². The zero-order chi connectivity index (χ0) is 15.2. The number of rotatable bonds is 5. The Morgan fingerprint density at radius 2 is 2.33 bits per heavy atom. The molecule has 1 atom stereocenters. The third-order valence-electron chi connectivity index (χ3n) is 3.39. The van der Waals surface area contributed by atoms with E-state index in [1.165, 1.54) is 0 Å². The Kier molecular flexibility index (Phi) is 5.32. The Morgan fingerprint density at radius 1 is 1.52 bits per heavy atom. The molecule has 1 aromatic rings. The maximum absolute atomic E-state index is 12.4. The molecule has 0 aliphatic carbocycles. The zero-order valence-electron chi connectivity index (χ0n) is 12.3. The number of hydrogen-bond acceptors (Lipinski definition) is 6. The van der Waals surface area contributed by atoms with Gasteiger partial charge in [-0.05, 0) is 19.8 Å². The number of aromatic nitrogens is 1. The van der Waals surface area contributed by atoms with Crippen molar-refractivity contribution in [1.29, 1.82) is 0 Å². The van der Waals surface area contributed by atoms with Crippen LogP contribution in [0.5, 0.6) is 0 Å². The summed E-state index contributed by atoms with van der Waals surface area (Å²) in [5, 5.41) is 3.75. The minimum Gasteiger partial charge on any atom is -0.466 e. The van der Waals surface area contributed by atoms with Gasteiger partial charge in [0.2, 0.25) is 0 Å².